The molecule has 5 nitrogen and oxygen atoms in total. The minimum Gasteiger partial charge on any atom is -0.441 e. The Kier molecular flexibility index (Phi) is 3.99. The Hall–Kier alpha value is -1.69. The first-order valence-corrected chi connectivity index (χ1v) is 6.94. The number of anilines is 1. The minimum atomic E-state index is -0.282. The van der Waals surface area contributed by atoms with Gasteiger partial charge in [-0.05, 0) is 31.7 Å². The molecule has 1 aromatic heterocycles. The lowest BCUT2D eigenvalue weighted by atomic mass is 10.3. The van der Waals surface area contributed by atoms with Crippen molar-refractivity contribution >= 4 is 34.9 Å². The van der Waals surface area contributed by atoms with Crippen molar-refractivity contribution in [2.45, 2.75) is 13.8 Å². The monoisotopic (exact) mass is 280 g/mol. The number of rotatable bonds is 4. The van der Waals surface area contributed by atoms with Gasteiger partial charge in [-0.25, -0.2) is 0 Å². The molecule has 0 spiro atoms. The van der Waals surface area contributed by atoms with Crippen LogP contribution in [0.2, 0.25) is 0 Å². The van der Waals surface area contributed by atoms with Crippen molar-refractivity contribution in [1.29, 1.82) is 0 Å². The van der Waals surface area contributed by atoms with E-state index in [-0.39, 0.29) is 11.1 Å². The summed E-state index contributed by atoms with van der Waals surface area (Å²) in [5, 5.41) is -0.258. The molecule has 1 aliphatic rings. The van der Waals surface area contributed by atoms with Crippen LogP contribution in [-0.2, 0) is 4.79 Å². The molecule has 0 bridgehead atoms. The van der Waals surface area contributed by atoms with E-state index in [2.05, 4.69) is 4.90 Å². The lowest BCUT2D eigenvalue weighted by molar-refractivity contribution is -0.121. The van der Waals surface area contributed by atoms with Crippen LogP contribution in [0.4, 0.5) is 10.7 Å². The lowest BCUT2D eigenvalue weighted by Crippen LogP contribution is -2.22. The van der Waals surface area contributed by atoms with E-state index in [4.69, 9.17) is 4.42 Å². The number of thioether (sulfide) groups is 1. The highest BCUT2D eigenvalue weighted by atomic mass is 32.2. The highest BCUT2D eigenvalue weighted by Gasteiger charge is 2.32. The Morgan fingerprint density at radius 3 is 2.53 bits per heavy atom. The molecule has 0 N–H and O–H groups in total. The third-order valence-corrected chi connectivity index (χ3v) is 3.91. The predicted molar refractivity (Wildman–Crippen MR) is 76.0 cm³/mol. The van der Waals surface area contributed by atoms with Crippen LogP contribution in [0, 0.1) is 0 Å². The summed E-state index contributed by atoms with van der Waals surface area (Å²) in [6, 6.07) is 3.67. The van der Waals surface area contributed by atoms with Crippen LogP contribution in [0.3, 0.4) is 0 Å². The molecule has 2 heterocycles. The normalized spacial score (nSPS) is 17.6. The second-order valence-corrected chi connectivity index (χ2v) is 5.08. The summed E-state index contributed by atoms with van der Waals surface area (Å²) in [7, 11) is 1.47. The van der Waals surface area contributed by atoms with Crippen LogP contribution in [0.1, 0.15) is 19.6 Å². The molecule has 0 unspecified atom stereocenters. The van der Waals surface area contributed by atoms with Crippen molar-refractivity contribution in [3.8, 4) is 0 Å². The fourth-order valence-corrected chi connectivity index (χ4v) is 2.61. The highest BCUT2D eigenvalue weighted by Crippen LogP contribution is 2.31. The quantitative estimate of drug-likeness (QED) is 0.794. The molecule has 0 radical (unpaired) electrons. The predicted octanol–water partition coefficient (Wildman–Crippen LogP) is 2.79. The molecule has 0 aromatic carbocycles. The van der Waals surface area contributed by atoms with Gasteiger partial charge in [-0.2, -0.15) is 0 Å². The number of amides is 2. The van der Waals surface area contributed by atoms with Crippen molar-refractivity contribution in [3.63, 3.8) is 0 Å². The largest absolute Gasteiger partial charge is 0.441 e. The molecule has 102 valence electrons. The van der Waals surface area contributed by atoms with Gasteiger partial charge < -0.3 is 9.32 Å². The van der Waals surface area contributed by atoms with Gasteiger partial charge in [0.15, 0.2) is 5.88 Å². The molecule has 0 atom stereocenters. The lowest BCUT2D eigenvalue weighted by Gasteiger charge is -2.16. The molecule has 6 heteroatoms. The fraction of sp³-hybridized carbons (Fsp3) is 0.385. The van der Waals surface area contributed by atoms with Crippen molar-refractivity contribution in [1.82, 2.24) is 4.90 Å². The van der Waals surface area contributed by atoms with E-state index in [1.165, 1.54) is 7.05 Å². The summed E-state index contributed by atoms with van der Waals surface area (Å²) in [4.78, 5) is 26.7. The fourth-order valence-electron chi connectivity index (χ4n) is 1.80. The van der Waals surface area contributed by atoms with E-state index < -0.39 is 0 Å². The summed E-state index contributed by atoms with van der Waals surface area (Å²) in [5.74, 6) is 1.07. The Morgan fingerprint density at radius 1 is 1.32 bits per heavy atom. The molecule has 0 aliphatic carbocycles. The van der Waals surface area contributed by atoms with Gasteiger partial charge in [-0.1, -0.05) is 0 Å². The Balaban J connectivity index is 2.21. The maximum absolute atomic E-state index is 11.7. The van der Waals surface area contributed by atoms with Gasteiger partial charge in [0.05, 0.1) is 4.91 Å². The maximum atomic E-state index is 11.7. The SMILES string of the molecule is CCN(CC)c1ccc(/C=C2/SC(=O)N(C)C2=O)o1. The number of nitrogens with zero attached hydrogens (tertiary/aromatic N) is 2. The smallest absolute Gasteiger partial charge is 0.293 e. The number of imide groups is 1. The van der Waals surface area contributed by atoms with Crippen molar-refractivity contribution in [2.75, 3.05) is 25.0 Å². The molecule has 1 fully saturated rings. The Labute approximate surface area is 116 Å². The summed E-state index contributed by atoms with van der Waals surface area (Å²) in [6.45, 7) is 5.81. The Morgan fingerprint density at radius 2 is 2.00 bits per heavy atom. The van der Waals surface area contributed by atoms with Gasteiger partial charge in [0.1, 0.15) is 5.76 Å². The highest BCUT2D eigenvalue weighted by molar-refractivity contribution is 8.18. The molecule has 1 aromatic rings. The van der Waals surface area contributed by atoms with E-state index >= 15 is 0 Å². The number of hydrogen-bond donors (Lipinski definition) is 0. The molecule has 2 rings (SSSR count). The molecule has 2 amide bonds. The average molecular weight is 280 g/mol. The third kappa shape index (κ3) is 2.68. The standard InChI is InChI=1S/C13H16N2O3S/c1-4-15(5-2)11-7-6-9(18-11)8-10-12(16)14(3)13(17)19-10/h6-8H,4-5H2,1-3H3/b10-8+. The van der Waals surface area contributed by atoms with E-state index in [0.29, 0.717) is 10.7 Å². The van der Waals surface area contributed by atoms with Gasteiger partial charge in [0.25, 0.3) is 11.1 Å². The molecular weight excluding hydrogens is 264 g/mol. The van der Waals surface area contributed by atoms with Crippen molar-refractivity contribution in [3.05, 3.63) is 22.8 Å². The third-order valence-electron chi connectivity index (χ3n) is 2.95. The van der Waals surface area contributed by atoms with Crippen LogP contribution < -0.4 is 4.90 Å². The summed E-state index contributed by atoms with van der Waals surface area (Å²) >= 11 is 0.931. The Bertz CT molecular complexity index is 532. The number of hydrogen-bond acceptors (Lipinski definition) is 5. The second-order valence-electron chi connectivity index (χ2n) is 4.09. The first-order valence-electron chi connectivity index (χ1n) is 6.13. The van der Waals surface area contributed by atoms with Crippen LogP contribution >= 0.6 is 11.8 Å². The van der Waals surface area contributed by atoms with Crippen molar-refractivity contribution in [2.24, 2.45) is 0 Å². The number of likely N-dealkylation sites (N-methyl/N-ethyl adjacent to an activating group) is 1. The van der Waals surface area contributed by atoms with Gasteiger partial charge >= 0.3 is 0 Å². The van der Waals surface area contributed by atoms with E-state index in [9.17, 15) is 9.59 Å². The molecule has 19 heavy (non-hydrogen) atoms. The minimum absolute atomic E-state index is 0.258. The zero-order valence-electron chi connectivity index (χ0n) is 11.2. The molecule has 1 aliphatic heterocycles. The number of carbonyl (C=O) groups is 2. The number of carbonyl (C=O) groups excluding carboxylic acids is 2. The molecule has 0 saturated carbocycles. The van der Waals surface area contributed by atoms with E-state index in [1.807, 2.05) is 19.9 Å². The first kappa shape index (κ1) is 13.7. The van der Waals surface area contributed by atoms with Crippen LogP contribution in [0.5, 0.6) is 0 Å². The van der Waals surface area contributed by atoms with Gasteiger partial charge in [-0.3, -0.25) is 14.5 Å². The first-order chi connectivity index (χ1) is 9.06. The average Bonchev–Trinajstić information content (AvgIpc) is 2.94. The zero-order valence-corrected chi connectivity index (χ0v) is 12.0. The topological polar surface area (TPSA) is 53.8 Å². The maximum Gasteiger partial charge on any atom is 0.293 e. The zero-order chi connectivity index (χ0) is 14.0. The van der Waals surface area contributed by atoms with E-state index in [0.717, 1.165) is 35.6 Å². The second kappa shape index (κ2) is 5.52. The summed E-state index contributed by atoms with van der Waals surface area (Å²) < 4.78 is 5.66. The van der Waals surface area contributed by atoms with E-state index in [1.54, 1.807) is 12.1 Å². The van der Waals surface area contributed by atoms with Crippen LogP contribution in [0.25, 0.3) is 6.08 Å². The summed E-state index contributed by atoms with van der Waals surface area (Å²) in [5.41, 5.74) is 0. The van der Waals surface area contributed by atoms with Crippen molar-refractivity contribution < 1.29 is 14.0 Å². The number of furan rings is 1. The van der Waals surface area contributed by atoms with Crippen LogP contribution in [-0.4, -0.2) is 36.2 Å². The van der Waals surface area contributed by atoms with Crippen LogP contribution in [0.15, 0.2) is 21.5 Å². The van der Waals surface area contributed by atoms with Gasteiger partial charge in [0.2, 0.25) is 0 Å². The molecular formula is C13H16N2O3S. The molecule has 1 saturated heterocycles. The summed E-state index contributed by atoms with van der Waals surface area (Å²) in [6.07, 6.45) is 1.61. The van der Waals surface area contributed by atoms with Gasteiger partial charge in [-0.15, -0.1) is 0 Å². The van der Waals surface area contributed by atoms with Gasteiger partial charge in [0, 0.05) is 32.3 Å².